The summed E-state index contributed by atoms with van der Waals surface area (Å²) < 4.78 is 5.54. The molecule has 0 aromatic rings. The number of carbonyl (C=O) groups is 1. The van der Waals surface area contributed by atoms with Crippen LogP contribution >= 0.6 is 0 Å². The first-order valence-corrected chi connectivity index (χ1v) is 8.74. The van der Waals surface area contributed by atoms with Crippen molar-refractivity contribution in [3.63, 3.8) is 0 Å². The molecular weight excluding hydrogens is 296 g/mol. The minimum absolute atomic E-state index is 0.0817. The van der Waals surface area contributed by atoms with Gasteiger partial charge in [-0.3, -0.25) is 0 Å². The van der Waals surface area contributed by atoms with Gasteiger partial charge < -0.3 is 25.2 Å². The van der Waals surface area contributed by atoms with Crippen LogP contribution in [-0.4, -0.2) is 63.7 Å². The third kappa shape index (κ3) is 4.17. The van der Waals surface area contributed by atoms with Crippen molar-refractivity contribution in [3.05, 3.63) is 0 Å². The summed E-state index contributed by atoms with van der Waals surface area (Å²) in [6.45, 7) is 7.46. The Hall–Kier alpha value is -0.850. The second kappa shape index (κ2) is 6.95. The number of rotatable bonds is 5. The van der Waals surface area contributed by atoms with Crippen molar-refractivity contribution in [3.8, 4) is 0 Å². The van der Waals surface area contributed by atoms with E-state index in [4.69, 9.17) is 4.74 Å². The zero-order valence-corrected chi connectivity index (χ0v) is 14.8. The average molecular weight is 328 g/mol. The molecule has 2 atom stereocenters. The molecule has 2 fully saturated rings. The Morgan fingerprint density at radius 3 is 2.09 bits per heavy atom. The predicted octanol–water partition coefficient (Wildman–Crippen LogP) is 1.64. The number of nitrogens with one attached hydrogen (secondary N) is 1. The lowest BCUT2D eigenvalue weighted by Gasteiger charge is -2.43. The van der Waals surface area contributed by atoms with Crippen molar-refractivity contribution in [1.82, 2.24) is 10.2 Å². The van der Waals surface area contributed by atoms with Crippen LogP contribution in [0.4, 0.5) is 4.79 Å². The lowest BCUT2D eigenvalue weighted by Crippen LogP contribution is -2.60. The summed E-state index contributed by atoms with van der Waals surface area (Å²) in [7, 11) is 0. The van der Waals surface area contributed by atoms with Gasteiger partial charge in [0.2, 0.25) is 0 Å². The molecule has 0 radical (unpaired) electrons. The summed E-state index contributed by atoms with van der Waals surface area (Å²) in [4.78, 5) is 14.3. The van der Waals surface area contributed by atoms with Crippen LogP contribution in [0, 0.1) is 0 Å². The van der Waals surface area contributed by atoms with E-state index in [1.165, 1.54) is 0 Å². The standard InChI is InChI=1S/C17H32N2O4/c1-5-17(10-20,11-21)18-12-8-13-6-7-14(9-12)19(13)15(22)23-16(2,3)4/h12-14,18,20-21H,5-11H2,1-4H3. The van der Waals surface area contributed by atoms with Crippen LogP contribution in [0.2, 0.25) is 0 Å². The van der Waals surface area contributed by atoms with E-state index in [1.807, 2.05) is 32.6 Å². The number of ether oxygens (including phenoxy) is 1. The van der Waals surface area contributed by atoms with Crippen molar-refractivity contribution >= 4 is 6.09 Å². The van der Waals surface area contributed by atoms with Crippen molar-refractivity contribution in [2.75, 3.05) is 13.2 Å². The van der Waals surface area contributed by atoms with E-state index >= 15 is 0 Å². The number of carbonyl (C=O) groups excluding carboxylic acids is 1. The van der Waals surface area contributed by atoms with Crippen molar-refractivity contribution < 1.29 is 19.7 Å². The highest BCUT2D eigenvalue weighted by Gasteiger charge is 2.46. The van der Waals surface area contributed by atoms with Crippen molar-refractivity contribution in [2.45, 2.75) is 89.1 Å². The Bertz CT molecular complexity index is 395. The third-order valence-corrected chi connectivity index (χ3v) is 5.13. The van der Waals surface area contributed by atoms with Crippen LogP contribution in [0.15, 0.2) is 0 Å². The fourth-order valence-corrected chi connectivity index (χ4v) is 3.81. The summed E-state index contributed by atoms with van der Waals surface area (Å²) in [5.41, 5.74) is -1.10. The maximum absolute atomic E-state index is 12.4. The molecule has 134 valence electrons. The van der Waals surface area contributed by atoms with Gasteiger partial charge in [-0.15, -0.1) is 0 Å². The summed E-state index contributed by atoms with van der Waals surface area (Å²) in [6, 6.07) is 0.589. The van der Waals surface area contributed by atoms with Gasteiger partial charge in [0.05, 0.1) is 18.8 Å². The SMILES string of the molecule is CCC(CO)(CO)NC1CC2CCC(C1)N2C(=O)OC(C)(C)C. The summed E-state index contributed by atoms with van der Waals surface area (Å²) in [5.74, 6) is 0. The number of aliphatic hydroxyl groups is 2. The van der Waals surface area contributed by atoms with Gasteiger partial charge in [0.1, 0.15) is 5.60 Å². The highest BCUT2D eigenvalue weighted by atomic mass is 16.6. The normalized spacial score (nSPS) is 28.1. The molecular formula is C17H32N2O4. The van der Waals surface area contributed by atoms with Crippen LogP contribution in [0.3, 0.4) is 0 Å². The molecule has 0 spiro atoms. The Kier molecular flexibility index (Phi) is 5.59. The molecule has 2 aliphatic heterocycles. The Morgan fingerprint density at radius 2 is 1.70 bits per heavy atom. The van der Waals surface area contributed by atoms with Gasteiger partial charge in [-0.1, -0.05) is 6.92 Å². The van der Waals surface area contributed by atoms with E-state index in [9.17, 15) is 15.0 Å². The van der Waals surface area contributed by atoms with E-state index in [2.05, 4.69) is 5.32 Å². The second-order valence-electron chi connectivity index (χ2n) is 8.04. The van der Waals surface area contributed by atoms with Crippen LogP contribution in [0.5, 0.6) is 0 Å². The Labute approximate surface area is 139 Å². The second-order valence-corrected chi connectivity index (χ2v) is 8.04. The molecule has 0 saturated carbocycles. The monoisotopic (exact) mass is 328 g/mol. The summed E-state index contributed by atoms with van der Waals surface area (Å²) in [6.07, 6.45) is 4.14. The molecule has 2 aliphatic rings. The number of hydrogen-bond donors (Lipinski definition) is 3. The molecule has 2 unspecified atom stereocenters. The largest absolute Gasteiger partial charge is 0.444 e. The number of nitrogens with zero attached hydrogens (tertiary/aromatic N) is 1. The average Bonchev–Trinajstić information content (AvgIpc) is 2.75. The number of hydrogen-bond acceptors (Lipinski definition) is 5. The summed E-state index contributed by atoms with van der Waals surface area (Å²) in [5, 5.41) is 22.7. The van der Waals surface area contributed by atoms with Gasteiger partial charge in [0.25, 0.3) is 0 Å². The van der Waals surface area contributed by atoms with Gasteiger partial charge >= 0.3 is 6.09 Å². The van der Waals surface area contributed by atoms with Gasteiger partial charge in [0.15, 0.2) is 0 Å². The minimum atomic E-state index is -0.627. The Balaban J connectivity index is 2.00. The van der Waals surface area contributed by atoms with Gasteiger partial charge in [-0.05, 0) is 52.9 Å². The highest BCUT2D eigenvalue weighted by molar-refractivity contribution is 5.69. The molecule has 3 N–H and O–H groups in total. The molecule has 2 bridgehead atoms. The number of fused-ring (bicyclic) bond motifs is 2. The molecule has 0 aromatic carbocycles. The smallest absolute Gasteiger partial charge is 0.410 e. The molecule has 2 rings (SSSR count). The van der Waals surface area contributed by atoms with Crippen LogP contribution < -0.4 is 5.32 Å². The first kappa shape index (κ1) is 18.5. The predicted molar refractivity (Wildman–Crippen MR) is 88.2 cm³/mol. The molecule has 6 heteroatoms. The molecule has 0 aromatic heterocycles. The van der Waals surface area contributed by atoms with E-state index in [0.29, 0.717) is 6.42 Å². The molecule has 6 nitrogen and oxygen atoms in total. The molecule has 23 heavy (non-hydrogen) atoms. The van der Waals surface area contributed by atoms with E-state index in [-0.39, 0.29) is 37.4 Å². The van der Waals surface area contributed by atoms with Crippen LogP contribution in [-0.2, 0) is 4.74 Å². The first-order valence-electron chi connectivity index (χ1n) is 8.74. The molecule has 2 heterocycles. The highest BCUT2D eigenvalue weighted by Crippen LogP contribution is 2.37. The van der Waals surface area contributed by atoms with Crippen LogP contribution in [0.25, 0.3) is 0 Å². The van der Waals surface area contributed by atoms with E-state index in [0.717, 1.165) is 25.7 Å². The lowest BCUT2D eigenvalue weighted by molar-refractivity contribution is -0.000332. The molecule has 1 amide bonds. The number of piperidine rings is 1. The zero-order chi connectivity index (χ0) is 17.3. The fraction of sp³-hybridized carbons (Fsp3) is 0.941. The zero-order valence-electron chi connectivity index (χ0n) is 14.8. The molecule has 0 aliphatic carbocycles. The summed E-state index contributed by atoms with van der Waals surface area (Å²) >= 11 is 0. The van der Waals surface area contributed by atoms with Gasteiger partial charge in [0, 0.05) is 18.1 Å². The fourth-order valence-electron chi connectivity index (χ4n) is 3.81. The first-order chi connectivity index (χ1) is 10.7. The van der Waals surface area contributed by atoms with Crippen molar-refractivity contribution in [1.29, 1.82) is 0 Å². The minimum Gasteiger partial charge on any atom is -0.444 e. The topological polar surface area (TPSA) is 82.0 Å². The van der Waals surface area contributed by atoms with E-state index in [1.54, 1.807) is 0 Å². The number of aliphatic hydroxyl groups excluding tert-OH is 2. The lowest BCUT2D eigenvalue weighted by atomic mass is 9.91. The third-order valence-electron chi connectivity index (χ3n) is 5.13. The van der Waals surface area contributed by atoms with E-state index < -0.39 is 11.1 Å². The quantitative estimate of drug-likeness (QED) is 0.715. The maximum atomic E-state index is 12.4. The maximum Gasteiger partial charge on any atom is 0.410 e. The molecule has 2 saturated heterocycles. The van der Waals surface area contributed by atoms with Crippen LogP contribution in [0.1, 0.15) is 59.8 Å². The number of amides is 1. The van der Waals surface area contributed by atoms with Gasteiger partial charge in [-0.2, -0.15) is 0 Å². The van der Waals surface area contributed by atoms with Gasteiger partial charge in [-0.25, -0.2) is 4.79 Å². The Morgan fingerprint density at radius 1 is 1.17 bits per heavy atom. The van der Waals surface area contributed by atoms with Crippen molar-refractivity contribution in [2.24, 2.45) is 0 Å².